The van der Waals surface area contributed by atoms with Crippen LogP contribution < -0.4 is 20.1 Å². The number of methoxy groups -OCH3 is 1. The second-order valence-electron chi connectivity index (χ2n) is 8.64. The number of nitrogen functional groups attached to an aromatic ring is 1. The van der Waals surface area contributed by atoms with Gasteiger partial charge in [0.15, 0.2) is 11.5 Å². The number of nitrogens with two attached hydrogens (primary N) is 1. The van der Waals surface area contributed by atoms with Gasteiger partial charge in [-0.05, 0) is 43.9 Å². The number of hydrogen-bond donors (Lipinski definition) is 1. The molecular formula is C23H32N8O3S. The Morgan fingerprint density at radius 3 is 2.69 bits per heavy atom. The summed E-state index contributed by atoms with van der Waals surface area (Å²) in [5, 5.41) is 14.6. The fourth-order valence-corrected chi connectivity index (χ4v) is 5.12. The minimum absolute atomic E-state index is 0.312. The lowest BCUT2D eigenvalue weighted by Gasteiger charge is -2.26. The Bertz CT molecular complexity index is 1110. The van der Waals surface area contributed by atoms with Crippen molar-refractivity contribution in [3.8, 4) is 27.2 Å². The molecule has 0 unspecified atom stereocenters. The SMILES string of the molecule is COc1cc(-c2nnc(-n3nc(N4CCCCC4)nc3N)s2)ccc1OCCCN1CCOCC1. The van der Waals surface area contributed by atoms with E-state index in [-0.39, 0.29) is 0 Å². The average molecular weight is 501 g/mol. The maximum atomic E-state index is 6.15. The van der Waals surface area contributed by atoms with Crippen molar-refractivity contribution in [3.05, 3.63) is 18.2 Å². The van der Waals surface area contributed by atoms with Crippen molar-refractivity contribution in [2.45, 2.75) is 25.7 Å². The summed E-state index contributed by atoms with van der Waals surface area (Å²) in [7, 11) is 1.64. The van der Waals surface area contributed by atoms with E-state index in [4.69, 9.17) is 19.9 Å². The van der Waals surface area contributed by atoms with Crippen LogP contribution in [-0.4, -0.2) is 89.5 Å². The molecule has 1 aromatic carbocycles. The van der Waals surface area contributed by atoms with Crippen LogP contribution >= 0.6 is 11.3 Å². The summed E-state index contributed by atoms with van der Waals surface area (Å²) >= 11 is 1.40. The lowest BCUT2D eigenvalue weighted by Crippen LogP contribution is -2.37. The first-order valence-electron chi connectivity index (χ1n) is 12.1. The maximum absolute atomic E-state index is 6.15. The minimum atomic E-state index is 0.312. The fraction of sp³-hybridized carbons (Fsp3) is 0.565. The van der Waals surface area contributed by atoms with Gasteiger partial charge in [0, 0.05) is 38.3 Å². The van der Waals surface area contributed by atoms with E-state index in [0.717, 1.165) is 81.5 Å². The summed E-state index contributed by atoms with van der Waals surface area (Å²) in [6.45, 7) is 7.13. The average Bonchev–Trinajstić information content (AvgIpc) is 3.55. The van der Waals surface area contributed by atoms with Gasteiger partial charge >= 0.3 is 0 Å². The zero-order chi connectivity index (χ0) is 24.0. The topological polar surface area (TPSA) is 117 Å². The van der Waals surface area contributed by atoms with Gasteiger partial charge < -0.3 is 24.8 Å². The summed E-state index contributed by atoms with van der Waals surface area (Å²) < 4.78 is 18.5. The number of nitrogens with zero attached hydrogens (tertiary/aromatic N) is 7. The maximum Gasteiger partial charge on any atom is 0.247 e. The highest BCUT2D eigenvalue weighted by Crippen LogP contribution is 2.34. The van der Waals surface area contributed by atoms with Crippen LogP contribution in [0.1, 0.15) is 25.7 Å². The van der Waals surface area contributed by atoms with Gasteiger partial charge in [-0.1, -0.05) is 11.3 Å². The van der Waals surface area contributed by atoms with E-state index in [1.807, 2.05) is 18.2 Å². The molecule has 5 rings (SSSR count). The molecule has 2 fully saturated rings. The van der Waals surface area contributed by atoms with Gasteiger partial charge in [0.25, 0.3) is 0 Å². The minimum Gasteiger partial charge on any atom is -0.493 e. The van der Waals surface area contributed by atoms with E-state index in [1.165, 1.54) is 17.8 Å². The van der Waals surface area contributed by atoms with E-state index in [9.17, 15) is 0 Å². The molecule has 11 nitrogen and oxygen atoms in total. The molecule has 4 heterocycles. The van der Waals surface area contributed by atoms with Gasteiger partial charge in [-0.2, -0.15) is 9.67 Å². The largest absolute Gasteiger partial charge is 0.493 e. The third-order valence-electron chi connectivity index (χ3n) is 6.25. The lowest BCUT2D eigenvalue weighted by atomic mass is 10.1. The molecule has 2 aliphatic rings. The zero-order valence-corrected chi connectivity index (χ0v) is 20.9. The number of ether oxygens (including phenoxy) is 3. The molecule has 0 atom stereocenters. The number of rotatable bonds is 9. The van der Waals surface area contributed by atoms with Gasteiger partial charge in [0.2, 0.25) is 17.0 Å². The predicted octanol–water partition coefficient (Wildman–Crippen LogP) is 2.47. The highest BCUT2D eigenvalue weighted by Gasteiger charge is 2.20. The van der Waals surface area contributed by atoms with E-state index >= 15 is 0 Å². The first-order valence-corrected chi connectivity index (χ1v) is 13.0. The summed E-state index contributed by atoms with van der Waals surface area (Å²) in [4.78, 5) is 9.02. The van der Waals surface area contributed by atoms with Gasteiger partial charge in [-0.15, -0.1) is 15.3 Å². The van der Waals surface area contributed by atoms with Crippen molar-refractivity contribution in [3.63, 3.8) is 0 Å². The van der Waals surface area contributed by atoms with E-state index in [1.54, 1.807) is 11.8 Å². The summed E-state index contributed by atoms with van der Waals surface area (Å²) in [6, 6.07) is 5.81. The Morgan fingerprint density at radius 2 is 1.89 bits per heavy atom. The third kappa shape index (κ3) is 5.65. The first-order chi connectivity index (χ1) is 17.2. The third-order valence-corrected chi connectivity index (χ3v) is 7.19. The Morgan fingerprint density at radius 1 is 1.06 bits per heavy atom. The van der Waals surface area contributed by atoms with Crippen LogP contribution in [0.5, 0.6) is 11.5 Å². The molecule has 2 N–H and O–H groups in total. The number of anilines is 2. The molecule has 188 valence electrons. The van der Waals surface area contributed by atoms with Crippen LogP contribution in [0.4, 0.5) is 11.9 Å². The van der Waals surface area contributed by atoms with E-state index in [0.29, 0.717) is 29.4 Å². The molecule has 0 aliphatic carbocycles. The molecular weight excluding hydrogens is 468 g/mol. The standard InChI is InChI=1S/C23H32N8O3S/c1-32-19-16-17(6-7-18(19)34-13-5-8-29-11-14-33-15-12-29)20-26-27-23(35-20)31-21(24)25-22(28-31)30-9-3-2-4-10-30/h6-7,16H,2-5,8-15H2,1H3,(H2,24,25,28). The van der Waals surface area contributed by atoms with Crippen LogP contribution in [-0.2, 0) is 4.74 Å². The van der Waals surface area contributed by atoms with Crippen LogP contribution in [0.15, 0.2) is 18.2 Å². The van der Waals surface area contributed by atoms with E-state index in [2.05, 4.69) is 30.1 Å². The number of hydrogen-bond acceptors (Lipinski definition) is 11. The van der Waals surface area contributed by atoms with Crippen LogP contribution in [0.2, 0.25) is 0 Å². The van der Waals surface area contributed by atoms with E-state index < -0.39 is 0 Å². The highest BCUT2D eigenvalue weighted by molar-refractivity contribution is 7.17. The second kappa shape index (κ2) is 11.2. The van der Waals surface area contributed by atoms with Crippen molar-refractivity contribution >= 4 is 23.2 Å². The molecule has 0 saturated carbocycles. The smallest absolute Gasteiger partial charge is 0.247 e. The monoisotopic (exact) mass is 500 g/mol. The Kier molecular flexibility index (Phi) is 7.60. The predicted molar refractivity (Wildman–Crippen MR) is 135 cm³/mol. The highest BCUT2D eigenvalue weighted by atomic mass is 32.1. The first kappa shape index (κ1) is 23.8. The zero-order valence-electron chi connectivity index (χ0n) is 20.1. The van der Waals surface area contributed by atoms with Crippen molar-refractivity contribution in [1.82, 2.24) is 29.9 Å². The molecule has 0 radical (unpaired) electrons. The molecule has 0 amide bonds. The second-order valence-corrected chi connectivity index (χ2v) is 9.60. The molecule has 2 saturated heterocycles. The lowest BCUT2D eigenvalue weighted by molar-refractivity contribution is 0.0357. The van der Waals surface area contributed by atoms with Crippen LogP contribution in [0.25, 0.3) is 15.7 Å². The Balaban J connectivity index is 1.23. The van der Waals surface area contributed by atoms with Gasteiger partial charge in [0.05, 0.1) is 26.9 Å². The quantitative estimate of drug-likeness (QED) is 0.439. The summed E-state index contributed by atoms with van der Waals surface area (Å²) in [5.41, 5.74) is 7.04. The molecule has 0 bridgehead atoms. The van der Waals surface area contributed by atoms with Crippen molar-refractivity contribution in [1.29, 1.82) is 0 Å². The number of morpholine rings is 1. The van der Waals surface area contributed by atoms with Crippen molar-refractivity contribution < 1.29 is 14.2 Å². The number of benzene rings is 1. The fourth-order valence-electron chi connectivity index (χ4n) is 4.31. The van der Waals surface area contributed by atoms with Gasteiger partial charge in [-0.3, -0.25) is 4.90 Å². The normalized spacial score (nSPS) is 17.0. The molecule has 2 aromatic heterocycles. The molecule has 2 aliphatic heterocycles. The Hall–Kier alpha value is -2.96. The molecule has 35 heavy (non-hydrogen) atoms. The Labute approximate surface area is 208 Å². The summed E-state index contributed by atoms with van der Waals surface area (Å²) in [5.74, 6) is 2.34. The van der Waals surface area contributed by atoms with Crippen molar-refractivity contribution in [2.75, 3.05) is 70.3 Å². The summed E-state index contributed by atoms with van der Waals surface area (Å²) in [6.07, 6.45) is 4.48. The van der Waals surface area contributed by atoms with Crippen LogP contribution in [0.3, 0.4) is 0 Å². The van der Waals surface area contributed by atoms with Gasteiger partial charge in [0.1, 0.15) is 5.01 Å². The number of piperidine rings is 1. The van der Waals surface area contributed by atoms with Crippen molar-refractivity contribution in [2.24, 2.45) is 0 Å². The number of aromatic nitrogens is 5. The molecule has 3 aromatic rings. The molecule has 12 heteroatoms. The van der Waals surface area contributed by atoms with Gasteiger partial charge in [-0.25, -0.2) is 0 Å². The van der Waals surface area contributed by atoms with Crippen LogP contribution in [0, 0.1) is 0 Å². The molecule has 0 spiro atoms.